The van der Waals surface area contributed by atoms with Crippen LogP contribution in [0.25, 0.3) is 10.6 Å². The molecule has 3 aromatic rings. The van der Waals surface area contributed by atoms with E-state index in [0.717, 1.165) is 41.7 Å². The minimum atomic E-state index is -0.686. The Kier molecular flexibility index (Phi) is 6.25. The summed E-state index contributed by atoms with van der Waals surface area (Å²) in [6, 6.07) is 4.73. The molecule has 162 valence electrons. The van der Waals surface area contributed by atoms with Crippen molar-refractivity contribution in [1.29, 1.82) is 0 Å². The fraction of sp³-hybridized carbons (Fsp3) is 0.375. The maximum atomic E-state index is 14.5. The second-order valence-corrected chi connectivity index (χ2v) is 9.39. The first-order valence-electron chi connectivity index (χ1n) is 10.5. The fourth-order valence-electron chi connectivity index (χ4n) is 4.53. The van der Waals surface area contributed by atoms with Crippen LogP contribution in [-0.4, -0.2) is 21.8 Å². The molecule has 3 atom stereocenters. The number of rotatable bonds is 5. The van der Waals surface area contributed by atoms with Crippen LogP contribution in [0.1, 0.15) is 59.3 Å². The van der Waals surface area contributed by atoms with Gasteiger partial charge in [0.05, 0.1) is 5.56 Å². The van der Waals surface area contributed by atoms with Gasteiger partial charge in [-0.05, 0) is 66.8 Å². The number of halogens is 2. The van der Waals surface area contributed by atoms with E-state index in [-0.39, 0.29) is 34.5 Å². The largest absolute Gasteiger partial charge is 0.328 e. The lowest BCUT2D eigenvalue weighted by atomic mass is 9.75. The average molecular weight is 442 g/mol. The molecule has 4 nitrogen and oxygen atoms in total. The maximum absolute atomic E-state index is 14.5. The smallest absolute Gasteiger partial charge is 0.186 e. The number of aryl methyl sites for hydroxylation is 1. The highest BCUT2D eigenvalue weighted by atomic mass is 32.1. The zero-order chi connectivity index (χ0) is 22.1. The minimum absolute atomic E-state index is 0.144. The van der Waals surface area contributed by atoms with E-state index in [2.05, 4.69) is 16.9 Å². The van der Waals surface area contributed by atoms with Gasteiger partial charge in [-0.25, -0.2) is 13.8 Å². The monoisotopic (exact) mass is 441 g/mol. The summed E-state index contributed by atoms with van der Waals surface area (Å²) in [5.74, 6) is -0.700. The van der Waals surface area contributed by atoms with Crippen LogP contribution >= 0.6 is 11.3 Å². The quantitative estimate of drug-likeness (QED) is 0.535. The number of aromatic nitrogens is 2. The Hall–Kier alpha value is -2.51. The van der Waals surface area contributed by atoms with Crippen molar-refractivity contribution in [2.24, 2.45) is 11.7 Å². The van der Waals surface area contributed by atoms with Crippen molar-refractivity contribution in [1.82, 2.24) is 9.97 Å². The highest BCUT2D eigenvalue weighted by Crippen LogP contribution is 2.37. The number of benzene rings is 1. The van der Waals surface area contributed by atoms with E-state index in [1.165, 1.54) is 12.1 Å². The van der Waals surface area contributed by atoms with Crippen LogP contribution in [0, 0.1) is 24.5 Å². The van der Waals surface area contributed by atoms with Crippen molar-refractivity contribution in [3.63, 3.8) is 0 Å². The number of hydrogen-bond acceptors (Lipinski definition) is 5. The lowest BCUT2D eigenvalue weighted by Gasteiger charge is -2.32. The predicted molar refractivity (Wildman–Crippen MR) is 118 cm³/mol. The molecule has 1 saturated carbocycles. The first-order chi connectivity index (χ1) is 14.8. The van der Waals surface area contributed by atoms with Crippen LogP contribution in [-0.2, 0) is 6.42 Å². The summed E-state index contributed by atoms with van der Waals surface area (Å²) >= 11 is 1.07. The molecule has 0 unspecified atom stereocenters. The van der Waals surface area contributed by atoms with Crippen molar-refractivity contribution >= 4 is 17.1 Å². The van der Waals surface area contributed by atoms with Crippen LogP contribution in [0.15, 0.2) is 36.0 Å². The highest BCUT2D eigenvalue weighted by molar-refractivity contribution is 7.13. The number of ketones is 1. The van der Waals surface area contributed by atoms with E-state index < -0.39 is 11.6 Å². The summed E-state index contributed by atoms with van der Waals surface area (Å²) in [5.41, 5.74) is 8.57. The van der Waals surface area contributed by atoms with Gasteiger partial charge in [0, 0.05) is 30.2 Å². The van der Waals surface area contributed by atoms with Gasteiger partial charge in [-0.1, -0.05) is 13.0 Å². The summed E-state index contributed by atoms with van der Waals surface area (Å²) < 4.78 is 28.7. The van der Waals surface area contributed by atoms with Crippen LogP contribution in [0.2, 0.25) is 0 Å². The lowest BCUT2D eigenvalue weighted by Crippen LogP contribution is -2.31. The van der Waals surface area contributed by atoms with E-state index in [4.69, 9.17) is 5.73 Å². The van der Waals surface area contributed by atoms with Crippen LogP contribution in [0.3, 0.4) is 0 Å². The number of carbonyl (C=O) groups is 1. The summed E-state index contributed by atoms with van der Waals surface area (Å²) in [6.45, 7) is 3.78. The normalized spacial score (nSPS) is 21.3. The summed E-state index contributed by atoms with van der Waals surface area (Å²) in [5, 5.41) is 1.73. The molecule has 1 aliphatic carbocycles. The Morgan fingerprint density at radius 1 is 1.23 bits per heavy atom. The molecule has 1 fully saturated rings. The molecule has 0 spiro atoms. The van der Waals surface area contributed by atoms with Crippen LogP contribution < -0.4 is 5.73 Å². The molecule has 4 rings (SSSR count). The first kappa shape index (κ1) is 21.7. The molecule has 0 aliphatic heterocycles. The van der Waals surface area contributed by atoms with Gasteiger partial charge in [0.25, 0.3) is 0 Å². The lowest BCUT2D eigenvalue weighted by molar-refractivity contribution is 0.0988. The van der Waals surface area contributed by atoms with Crippen molar-refractivity contribution in [3.8, 4) is 10.6 Å². The van der Waals surface area contributed by atoms with Crippen molar-refractivity contribution < 1.29 is 13.6 Å². The molecular formula is C24H25F2N3OS. The van der Waals surface area contributed by atoms with Gasteiger partial charge < -0.3 is 5.73 Å². The summed E-state index contributed by atoms with van der Waals surface area (Å²) in [6.07, 6.45) is 6.56. The Labute approximate surface area is 184 Å². The van der Waals surface area contributed by atoms with Crippen molar-refractivity contribution in [3.05, 3.63) is 70.0 Å². The topological polar surface area (TPSA) is 68.9 Å². The summed E-state index contributed by atoms with van der Waals surface area (Å²) in [7, 11) is 0. The standard InChI is InChI=1S/C24H25F2N3OS/c1-13-7-15(9-17(27)8-13)18-5-6-28-11-16(18)10-21(30)20-12-31-24(29-20)22-19(25)4-3-14(2)23(22)26/h3-6,11-13,15,17H,7-10,27H2,1-2H3/t13-,15+,17-/m0/s1. The van der Waals surface area contributed by atoms with Gasteiger partial charge in [-0.15, -0.1) is 11.3 Å². The van der Waals surface area contributed by atoms with E-state index >= 15 is 0 Å². The van der Waals surface area contributed by atoms with Gasteiger partial charge in [0.15, 0.2) is 5.78 Å². The molecular weight excluding hydrogens is 416 g/mol. The second-order valence-electron chi connectivity index (χ2n) is 8.53. The number of thiazole rings is 1. The van der Waals surface area contributed by atoms with Gasteiger partial charge in [-0.3, -0.25) is 9.78 Å². The van der Waals surface area contributed by atoms with E-state index in [1.54, 1.807) is 24.7 Å². The highest BCUT2D eigenvalue weighted by Gasteiger charge is 2.28. The van der Waals surface area contributed by atoms with Gasteiger partial charge >= 0.3 is 0 Å². The van der Waals surface area contributed by atoms with Gasteiger partial charge in [0.1, 0.15) is 22.3 Å². The number of nitrogens with zero attached hydrogens (tertiary/aromatic N) is 2. The van der Waals surface area contributed by atoms with Gasteiger partial charge in [0.2, 0.25) is 0 Å². The van der Waals surface area contributed by atoms with Crippen molar-refractivity contribution in [2.45, 2.75) is 51.5 Å². The molecule has 2 heterocycles. The SMILES string of the molecule is Cc1ccc(F)c(-c2nc(C(=O)Cc3cnccc3[C@@H]3C[C@H](C)C[C@H](N)C3)cs2)c1F. The zero-order valence-electron chi connectivity index (χ0n) is 17.6. The van der Waals surface area contributed by atoms with E-state index in [9.17, 15) is 13.6 Å². The molecule has 0 saturated heterocycles. The van der Waals surface area contributed by atoms with Crippen molar-refractivity contribution in [2.75, 3.05) is 0 Å². The maximum Gasteiger partial charge on any atom is 0.186 e. The number of carbonyl (C=O) groups excluding carboxylic acids is 1. The van der Waals surface area contributed by atoms with E-state index in [1.807, 2.05) is 6.07 Å². The molecule has 2 N–H and O–H groups in total. The summed E-state index contributed by atoms with van der Waals surface area (Å²) in [4.78, 5) is 21.4. The van der Waals surface area contributed by atoms with Crippen LogP contribution in [0.5, 0.6) is 0 Å². The zero-order valence-corrected chi connectivity index (χ0v) is 18.4. The first-order valence-corrected chi connectivity index (χ1v) is 11.3. The average Bonchev–Trinajstić information content (AvgIpc) is 3.21. The molecule has 0 bridgehead atoms. The molecule has 7 heteroatoms. The third-order valence-electron chi connectivity index (χ3n) is 6.00. The van der Waals surface area contributed by atoms with Gasteiger partial charge in [-0.2, -0.15) is 0 Å². The number of nitrogens with two attached hydrogens (primary N) is 1. The Bertz CT molecular complexity index is 1100. The molecule has 31 heavy (non-hydrogen) atoms. The molecule has 0 radical (unpaired) electrons. The van der Waals surface area contributed by atoms with Crippen LogP contribution in [0.4, 0.5) is 8.78 Å². The number of Topliss-reactive ketones (excluding diaryl/α,β-unsaturated/α-hetero) is 1. The Balaban J connectivity index is 1.58. The molecule has 2 aromatic heterocycles. The molecule has 0 amide bonds. The second kappa shape index (κ2) is 8.93. The molecule has 1 aromatic carbocycles. The Morgan fingerprint density at radius 3 is 2.81 bits per heavy atom. The fourth-order valence-corrected chi connectivity index (χ4v) is 5.39. The third kappa shape index (κ3) is 4.57. The third-order valence-corrected chi connectivity index (χ3v) is 6.86. The number of hydrogen-bond donors (Lipinski definition) is 1. The molecule has 1 aliphatic rings. The number of pyridine rings is 1. The van der Waals surface area contributed by atoms with E-state index in [0.29, 0.717) is 17.4 Å². The minimum Gasteiger partial charge on any atom is -0.328 e. The Morgan fingerprint density at radius 2 is 2.03 bits per heavy atom. The predicted octanol–water partition coefficient (Wildman–Crippen LogP) is 5.45.